The van der Waals surface area contributed by atoms with Crippen molar-refractivity contribution in [1.29, 1.82) is 0 Å². The quantitative estimate of drug-likeness (QED) is 0.285. The summed E-state index contributed by atoms with van der Waals surface area (Å²) in [6, 6.07) is 32.3. The van der Waals surface area contributed by atoms with E-state index in [0.717, 1.165) is 4.47 Å². The molecule has 5 heteroatoms. The fourth-order valence-electron chi connectivity index (χ4n) is 4.58. The Kier molecular flexibility index (Phi) is 9.89. The van der Waals surface area contributed by atoms with E-state index in [4.69, 9.17) is 0 Å². The molecule has 0 saturated heterocycles. The van der Waals surface area contributed by atoms with Crippen molar-refractivity contribution in [2.45, 2.75) is 21.6 Å². The van der Waals surface area contributed by atoms with E-state index < -0.39 is 0 Å². The normalized spacial score (nSPS) is 16.8. The maximum Gasteiger partial charge on any atom is 4.00 e. The van der Waals surface area contributed by atoms with Crippen molar-refractivity contribution in [3.8, 4) is 0 Å². The summed E-state index contributed by atoms with van der Waals surface area (Å²) in [5.74, 6) is 0.629. The molecule has 0 aromatic heterocycles. The van der Waals surface area contributed by atoms with Crippen LogP contribution in [-0.2, 0) is 26.2 Å². The average molecular weight is 654 g/mol. The van der Waals surface area contributed by atoms with Crippen molar-refractivity contribution in [3.05, 3.63) is 141 Å². The van der Waals surface area contributed by atoms with Crippen molar-refractivity contribution in [2.24, 2.45) is 0 Å². The van der Waals surface area contributed by atoms with Gasteiger partial charge in [-0.15, -0.1) is 29.0 Å². The molecule has 35 heavy (non-hydrogen) atoms. The van der Waals surface area contributed by atoms with Gasteiger partial charge in [-0.2, -0.15) is 11.1 Å². The first-order chi connectivity index (χ1) is 15.8. The first kappa shape index (κ1) is 28.2. The summed E-state index contributed by atoms with van der Waals surface area (Å²) in [5.41, 5.74) is 8.04. The van der Waals surface area contributed by atoms with Gasteiger partial charge in [0.2, 0.25) is 0 Å². The number of hydrogen-bond donors (Lipinski definition) is 0. The Hall–Kier alpha value is -1.35. The van der Waals surface area contributed by atoms with Crippen LogP contribution in [0.4, 0.5) is 0 Å². The van der Waals surface area contributed by atoms with Gasteiger partial charge in [0.15, 0.2) is 0 Å². The van der Waals surface area contributed by atoms with Crippen LogP contribution in [-0.4, -0.2) is 0 Å². The number of allylic oxidation sites excluding steroid dienone is 2. The van der Waals surface area contributed by atoms with Crippen molar-refractivity contribution in [1.82, 2.24) is 0 Å². The van der Waals surface area contributed by atoms with E-state index in [1.807, 2.05) is 17.8 Å². The molecule has 2 atom stereocenters. The van der Waals surface area contributed by atoms with Gasteiger partial charge in [0.25, 0.3) is 0 Å². The van der Waals surface area contributed by atoms with Gasteiger partial charge in [0.1, 0.15) is 0 Å². The first-order valence-electron chi connectivity index (χ1n) is 10.7. The van der Waals surface area contributed by atoms with Gasteiger partial charge >= 0.3 is 26.2 Å². The number of benzene rings is 4. The number of hydrogen-bond acceptors (Lipinski definition) is 1. The summed E-state index contributed by atoms with van der Waals surface area (Å²) in [5, 5.41) is 0. The Morgan fingerprint density at radius 3 is 2.20 bits per heavy atom. The summed E-state index contributed by atoms with van der Waals surface area (Å²) in [6.45, 7) is 0. The topological polar surface area (TPSA) is 0 Å². The zero-order valence-electron chi connectivity index (χ0n) is 18.5. The van der Waals surface area contributed by atoms with E-state index in [2.05, 4.69) is 125 Å². The summed E-state index contributed by atoms with van der Waals surface area (Å²) in [6.07, 6.45) is 11.1. The van der Waals surface area contributed by atoms with Gasteiger partial charge in [-0.1, -0.05) is 117 Å². The molecule has 0 fully saturated rings. The molecular formula is C30H19BrCl2SZr. The predicted octanol–water partition coefficient (Wildman–Crippen LogP) is 2.53. The minimum Gasteiger partial charge on any atom is -1.00 e. The van der Waals surface area contributed by atoms with Crippen LogP contribution in [0.15, 0.2) is 105 Å². The molecule has 0 N–H and O–H groups in total. The van der Waals surface area contributed by atoms with Gasteiger partial charge in [-0.25, -0.2) is 12.2 Å². The second-order valence-electron chi connectivity index (χ2n) is 8.11. The molecule has 4 aromatic rings. The fraction of sp³-hybridized carbons (Fsp3) is 0.0667. The van der Waals surface area contributed by atoms with E-state index in [9.17, 15) is 0 Å². The zero-order chi connectivity index (χ0) is 21.5. The SMILES string of the molecule is Brc1ccc2c(c1)C(c1ccccc1)[C-]=C2.[C-]1=Cc2c3cccc2C1c1cccc(c1)S3.[Cl-].[Cl-].[Zr+4]. The number of fused-ring (bicyclic) bond motifs is 4. The first-order valence-corrected chi connectivity index (χ1v) is 12.3. The minimum atomic E-state index is 0. The molecule has 0 spiro atoms. The van der Waals surface area contributed by atoms with E-state index in [1.165, 1.54) is 43.2 Å². The molecule has 0 amide bonds. The Morgan fingerprint density at radius 2 is 1.37 bits per heavy atom. The summed E-state index contributed by atoms with van der Waals surface area (Å²) in [4.78, 5) is 2.68. The number of rotatable bonds is 1. The molecule has 7 rings (SSSR count). The number of halogens is 3. The van der Waals surface area contributed by atoms with Crippen LogP contribution in [0.5, 0.6) is 0 Å². The predicted molar refractivity (Wildman–Crippen MR) is 137 cm³/mol. The monoisotopic (exact) mass is 650 g/mol. The van der Waals surface area contributed by atoms with E-state index in [1.54, 1.807) is 0 Å². The fourth-order valence-corrected chi connectivity index (χ4v) is 5.99. The smallest absolute Gasteiger partial charge is 1.00 e. The third-order valence-corrected chi connectivity index (χ3v) is 7.68. The molecule has 0 nitrogen and oxygen atoms in total. The summed E-state index contributed by atoms with van der Waals surface area (Å²) in [7, 11) is 0. The van der Waals surface area contributed by atoms with Crippen molar-refractivity contribution < 1.29 is 51.0 Å². The summed E-state index contributed by atoms with van der Waals surface area (Å²) < 4.78 is 1.13. The molecule has 0 radical (unpaired) electrons. The Bertz CT molecular complexity index is 1380. The second kappa shape index (κ2) is 12.3. The van der Waals surface area contributed by atoms with Crippen LogP contribution >= 0.6 is 27.7 Å². The molecule has 1 aliphatic heterocycles. The third-order valence-electron chi connectivity index (χ3n) is 6.12. The standard InChI is InChI=1S/C15H10Br.C15H9S.2ClH.Zr/c16-13-8-6-12-7-9-14(15(12)10-13)11-4-2-1-3-5-11;1-3-10-9-11(4-1)16-15-6-2-5-13-12(10)7-8-14(13)15;;;/h1-8,10,14H;1-6,8-9,12H;2*1H;/q2*-1;;;+4/p-2. The van der Waals surface area contributed by atoms with E-state index >= 15 is 0 Å². The molecule has 0 saturated carbocycles. The van der Waals surface area contributed by atoms with Crippen molar-refractivity contribution in [2.75, 3.05) is 0 Å². The Morgan fingerprint density at radius 1 is 0.657 bits per heavy atom. The van der Waals surface area contributed by atoms with Gasteiger partial charge in [0.05, 0.1) is 0 Å². The van der Waals surface area contributed by atoms with Gasteiger partial charge in [-0.05, 0) is 12.1 Å². The molecule has 170 valence electrons. The Labute approximate surface area is 251 Å². The maximum absolute atomic E-state index is 3.52. The molecule has 2 unspecified atom stereocenters. The maximum atomic E-state index is 3.52. The Balaban J connectivity index is 0.000000180. The van der Waals surface area contributed by atoms with Crippen LogP contribution in [0.2, 0.25) is 0 Å². The van der Waals surface area contributed by atoms with Gasteiger partial charge < -0.3 is 24.8 Å². The van der Waals surface area contributed by atoms with Crippen LogP contribution in [0.1, 0.15) is 45.2 Å². The third kappa shape index (κ3) is 5.66. The van der Waals surface area contributed by atoms with Crippen LogP contribution in [0.3, 0.4) is 0 Å². The van der Waals surface area contributed by atoms with Crippen LogP contribution < -0.4 is 24.8 Å². The molecular weight excluding hydrogens is 634 g/mol. The minimum absolute atomic E-state index is 0. The van der Waals surface area contributed by atoms with Crippen LogP contribution in [0, 0.1) is 12.2 Å². The van der Waals surface area contributed by atoms with Crippen molar-refractivity contribution >= 4 is 39.8 Å². The van der Waals surface area contributed by atoms with Crippen molar-refractivity contribution in [3.63, 3.8) is 0 Å². The summed E-state index contributed by atoms with van der Waals surface area (Å²) >= 11 is 5.37. The molecule has 2 aliphatic carbocycles. The molecule has 4 aromatic carbocycles. The van der Waals surface area contributed by atoms with Gasteiger partial charge in [-0.3, -0.25) is 12.2 Å². The van der Waals surface area contributed by atoms with Gasteiger partial charge in [0, 0.05) is 9.37 Å². The molecule has 6 bridgehead atoms. The molecule has 3 aliphatic rings. The van der Waals surface area contributed by atoms with E-state index in [-0.39, 0.29) is 56.9 Å². The van der Waals surface area contributed by atoms with Crippen LogP contribution in [0.25, 0.3) is 12.2 Å². The molecule has 1 heterocycles. The van der Waals surface area contributed by atoms with E-state index in [0.29, 0.717) is 5.92 Å². The largest absolute Gasteiger partial charge is 4.00 e. The zero-order valence-corrected chi connectivity index (χ0v) is 24.9. The average Bonchev–Trinajstić information content (AvgIpc) is 3.45. The second-order valence-corrected chi connectivity index (χ2v) is 10.1.